The molecule has 0 bridgehead atoms. The van der Waals surface area contributed by atoms with Gasteiger partial charge in [0.25, 0.3) is 5.91 Å². The van der Waals surface area contributed by atoms with Crippen LogP contribution in [0.15, 0.2) is 54.6 Å². The summed E-state index contributed by atoms with van der Waals surface area (Å²) in [7, 11) is 0. The van der Waals surface area contributed by atoms with Gasteiger partial charge >= 0.3 is 0 Å². The number of nitrogens with one attached hydrogen (secondary N) is 3. The molecule has 8 heteroatoms. The molecule has 28 heavy (non-hydrogen) atoms. The van der Waals surface area contributed by atoms with Gasteiger partial charge in [-0.2, -0.15) is 0 Å². The van der Waals surface area contributed by atoms with Crippen LogP contribution in [0.2, 0.25) is 5.02 Å². The maximum atomic E-state index is 12.0. The fraction of sp³-hybridized carbons (Fsp3) is 0.250. The first-order chi connectivity index (χ1) is 13.5. The molecule has 2 aromatic carbocycles. The normalized spacial score (nSPS) is 11.2. The summed E-state index contributed by atoms with van der Waals surface area (Å²) >= 11 is 5.97. The summed E-state index contributed by atoms with van der Waals surface area (Å²) in [5.74, 6) is -0.899. The number of hydrazine groups is 1. The lowest BCUT2D eigenvalue weighted by Gasteiger charge is -2.15. The van der Waals surface area contributed by atoms with E-state index in [2.05, 4.69) is 16.2 Å². The van der Waals surface area contributed by atoms with Crippen molar-refractivity contribution in [3.8, 4) is 5.75 Å². The van der Waals surface area contributed by atoms with Gasteiger partial charge in [-0.25, -0.2) is 0 Å². The first-order valence-corrected chi connectivity index (χ1v) is 9.14. The van der Waals surface area contributed by atoms with Crippen LogP contribution >= 0.6 is 11.6 Å². The van der Waals surface area contributed by atoms with Crippen molar-refractivity contribution in [2.75, 3.05) is 0 Å². The fourth-order valence-corrected chi connectivity index (χ4v) is 2.37. The van der Waals surface area contributed by atoms with E-state index in [0.29, 0.717) is 17.3 Å². The predicted molar refractivity (Wildman–Crippen MR) is 105 cm³/mol. The van der Waals surface area contributed by atoms with Crippen molar-refractivity contribution in [3.63, 3.8) is 0 Å². The number of para-hydroxylation sites is 1. The Bertz CT molecular complexity index is 814. The highest BCUT2D eigenvalue weighted by atomic mass is 35.5. The maximum absolute atomic E-state index is 12.0. The summed E-state index contributed by atoms with van der Waals surface area (Å²) in [4.78, 5) is 35.6. The number of carbonyl (C=O) groups is 3. The smallest absolute Gasteiger partial charge is 0.279 e. The van der Waals surface area contributed by atoms with Gasteiger partial charge in [0, 0.05) is 19.4 Å². The Labute approximate surface area is 168 Å². The molecule has 0 fully saturated rings. The van der Waals surface area contributed by atoms with E-state index in [-0.39, 0.29) is 18.7 Å². The molecule has 0 aliphatic carbocycles. The molecule has 2 aromatic rings. The molecule has 2 rings (SSSR count). The van der Waals surface area contributed by atoms with Crippen molar-refractivity contribution in [2.45, 2.75) is 32.4 Å². The van der Waals surface area contributed by atoms with Crippen molar-refractivity contribution < 1.29 is 19.1 Å². The Morgan fingerprint density at radius 2 is 1.57 bits per heavy atom. The molecule has 3 amide bonds. The van der Waals surface area contributed by atoms with Crippen molar-refractivity contribution in [1.82, 2.24) is 16.2 Å². The largest absolute Gasteiger partial charge is 0.479 e. The summed E-state index contributed by atoms with van der Waals surface area (Å²) in [6.45, 7) is 1.93. The highest BCUT2D eigenvalue weighted by molar-refractivity contribution is 6.32. The molecule has 0 aromatic heterocycles. The minimum Gasteiger partial charge on any atom is -0.479 e. The SMILES string of the molecule is CC(Oc1ccccc1Cl)C(=O)NNC(=O)CCC(=O)NCc1ccccc1. The first-order valence-electron chi connectivity index (χ1n) is 8.76. The molecular formula is C20H22ClN3O4. The highest BCUT2D eigenvalue weighted by Crippen LogP contribution is 2.24. The van der Waals surface area contributed by atoms with Gasteiger partial charge in [-0.15, -0.1) is 0 Å². The van der Waals surface area contributed by atoms with Crippen LogP contribution in [0, 0.1) is 0 Å². The zero-order chi connectivity index (χ0) is 20.4. The molecule has 3 N–H and O–H groups in total. The minimum atomic E-state index is -0.866. The van der Waals surface area contributed by atoms with E-state index in [0.717, 1.165) is 5.56 Å². The third kappa shape index (κ3) is 7.28. The second kappa shape index (κ2) is 10.9. The highest BCUT2D eigenvalue weighted by Gasteiger charge is 2.16. The van der Waals surface area contributed by atoms with Crippen molar-refractivity contribution in [3.05, 3.63) is 65.2 Å². The molecule has 0 saturated carbocycles. The topological polar surface area (TPSA) is 96.5 Å². The number of amides is 3. The van der Waals surface area contributed by atoms with Crippen molar-refractivity contribution in [1.29, 1.82) is 0 Å². The van der Waals surface area contributed by atoms with E-state index in [1.165, 1.54) is 6.92 Å². The van der Waals surface area contributed by atoms with Gasteiger partial charge in [0.1, 0.15) is 5.75 Å². The number of halogens is 1. The van der Waals surface area contributed by atoms with Gasteiger partial charge in [-0.1, -0.05) is 54.1 Å². The Kier molecular flexibility index (Phi) is 8.30. The summed E-state index contributed by atoms with van der Waals surface area (Å²) in [5.41, 5.74) is 5.50. The van der Waals surface area contributed by atoms with Crippen molar-refractivity contribution >= 4 is 29.3 Å². The lowest BCUT2D eigenvalue weighted by molar-refractivity contribution is -0.133. The molecule has 0 saturated heterocycles. The van der Waals surface area contributed by atoms with Crippen LogP contribution in [0.5, 0.6) is 5.75 Å². The van der Waals surface area contributed by atoms with Crippen LogP contribution in [0.4, 0.5) is 0 Å². The van der Waals surface area contributed by atoms with Gasteiger partial charge in [0.05, 0.1) is 5.02 Å². The number of ether oxygens (including phenoxy) is 1. The average Bonchev–Trinajstić information content (AvgIpc) is 2.71. The zero-order valence-electron chi connectivity index (χ0n) is 15.4. The van der Waals surface area contributed by atoms with Gasteiger partial charge in [-0.05, 0) is 24.6 Å². The van der Waals surface area contributed by atoms with Crippen LogP contribution in [-0.4, -0.2) is 23.8 Å². The summed E-state index contributed by atoms with van der Waals surface area (Å²) in [6.07, 6.45) is -0.907. The molecule has 0 heterocycles. The second-order valence-electron chi connectivity index (χ2n) is 5.99. The molecule has 0 aliphatic heterocycles. The number of hydrogen-bond acceptors (Lipinski definition) is 4. The first kappa shape index (κ1) is 21.2. The fourth-order valence-electron chi connectivity index (χ4n) is 2.19. The average molecular weight is 404 g/mol. The molecule has 0 radical (unpaired) electrons. The van der Waals surface area contributed by atoms with E-state index in [4.69, 9.17) is 16.3 Å². The molecule has 1 unspecified atom stereocenters. The van der Waals surface area contributed by atoms with Gasteiger partial charge in [-0.3, -0.25) is 25.2 Å². The number of carbonyl (C=O) groups excluding carboxylic acids is 3. The monoisotopic (exact) mass is 403 g/mol. The van der Waals surface area contributed by atoms with E-state index in [1.54, 1.807) is 24.3 Å². The zero-order valence-corrected chi connectivity index (χ0v) is 16.2. The van der Waals surface area contributed by atoms with E-state index >= 15 is 0 Å². The van der Waals surface area contributed by atoms with E-state index in [9.17, 15) is 14.4 Å². The lowest BCUT2D eigenvalue weighted by Crippen LogP contribution is -2.47. The summed E-state index contributed by atoms with van der Waals surface area (Å²) in [5, 5.41) is 3.11. The van der Waals surface area contributed by atoms with Crippen molar-refractivity contribution in [2.24, 2.45) is 0 Å². The van der Waals surface area contributed by atoms with E-state index in [1.807, 2.05) is 30.3 Å². The molecule has 7 nitrogen and oxygen atoms in total. The Morgan fingerprint density at radius 1 is 0.929 bits per heavy atom. The standard InChI is InChI=1S/C20H22ClN3O4/c1-14(28-17-10-6-5-9-16(17)21)20(27)24-23-19(26)12-11-18(25)22-13-15-7-3-2-4-8-15/h2-10,14H,11-13H2,1H3,(H,22,25)(H,23,26)(H,24,27). The summed E-state index contributed by atoms with van der Waals surface area (Å²) < 4.78 is 5.45. The summed E-state index contributed by atoms with van der Waals surface area (Å²) in [6, 6.07) is 16.2. The van der Waals surface area contributed by atoms with Crippen LogP contribution in [0.25, 0.3) is 0 Å². The third-order valence-electron chi connectivity index (χ3n) is 3.75. The van der Waals surface area contributed by atoms with Gasteiger partial charge in [0.2, 0.25) is 11.8 Å². The number of benzene rings is 2. The molecule has 0 aliphatic rings. The third-order valence-corrected chi connectivity index (χ3v) is 4.06. The van der Waals surface area contributed by atoms with Crippen LogP contribution < -0.4 is 20.9 Å². The second-order valence-corrected chi connectivity index (χ2v) is 6.40. The van der Waals surface area contributed by atoms with Crippen LogP contribution in [0.3, 0.4) is 0 Å². The molecular weight excluding hydrogens is 382 g/mol. The minimum absolute atomic E-state index is 0.0141. The molecule has 0 spiro atoms. The van der Waals surface area contributed by atoms with Gasteiger partial charge < -0.3 is 10.1 Å². The number of hydrogen-bond donors (Lipinski definition) is 3. The quantitative estimate of drug-likeness (QED) is 0.589. The Hall–Kier alpha value is -3.06. The lowest BCUT2D eigenvalue weighted by atomic mass is 10.2. The van der Waals surface area contributed by atoms with Gasteiger partial charge in [0.15, 0.2) is 6.10 Å². The van der Waals surface area contributed by atoms with E-state index < -0.39 is 17.9 Å². The maximum Gasteiger partial charge on any atom is 0.279 e. The Balaban J connectivity index is 1.65. The Morgan fingerprint density at radius 3 is 2.29 bits per heavy atom. The van der Waals surface area contributed by atoms with Crippen LogP contribution in [-0.2, 0) is 20.9 Å². The number of rotatable bonds is 8. The van der Waals surface area contributed by atoms with Crippen LogP contribution in [0.1, 0.15) is 25.3 Å². The molecule has 148 valence electrons. The predicted octanol–water partition coefficient (Wildman–Crippen LogP) is 2.35. The molecule has 1 atom stereocenters.